The molecule has 2 aliphatic heterocycles. The zero-order valence-electron chi connectivity index (χ0n) is 15.7. The molecular weight excluding hydrogens is 411 g/mol. The quantitative estimate of drug-likeness (QED) is 0.724. The van der Waals surface area contributed by atoms with Crippen LogP contribution in [-0.2, 0) is 21.1 Å². The molecule has 0 spiro atoms. The minimum absolute atomic E-state index is 0.0223. The number of hydrogen-bond acceptors (Lipinski definition) is 4. The Morgan fingerprint density at radius 2 is 1.83 bits per heavy atom. The van der Waals surface area contributed by atoms with Gasteiger partial charge in [-0.2, -0.15) is 4.99 Å². The fourth-order valence-electron chi connectivity index (χ4n) is 3.74. The molecule has 0 unspecified atom stereocenters. The summed E-state index contributed by atoms with van der Waals surface area (Å²) in [7, 11) is -3.18. The number of hydrogen-bond donors (Lipinski definition) is 0. The van der Waals surface area contributed by atoms with E-state index < -0.39 is 21.7 Å². The van der Waals surface area contributed by atoms with Crippen molar-refractivity contribution in [2.45, 2.75) is 30.6 Å². The van der Waals surface area contributed by atoms with Crippen LogP contribution in [0.3, 0.4) is 0 Å². The smallest absolute Gasteiger partial charge is 0.248 e. The number of amidine groups is 1. The number of thioether (sulfide) groups is 1. The maximum atomic E-state index is 14.5. The van der Waals surface area contributed by atoms with Crippen LogP contribution in [-0.4, -0.2) is 42.3 Å². The Bertz CT molecular complexity index is 1040. The summed E-state index contributed by atoms with van der Waals surface area (Å²) in [6, 6.07) is 15.7. The third-order valence-electron chi connectivity index (χ3n) is 5.10. The second-order valence-corrected chi connectivity index (χ2v) is 10.6. The molecule has 0 N–H and O–H groups in total. The fourth-order valence-corrected chi connectivity index (χ4v) is 7.67. The summed E-state index contributed by atoms with van der Waals surface area (Å²) in [5, 5.41) is 0.153. The van der Waals surface area contributed by atoms with Crippen molar-refractivity contribution in [1.82, 2.24) is 0 Å². The number of carbonyl (C=O) groups is 1. The predicted molar refractivity (Wildman–Crippen MR) is 115 cm³/mol. The third kappa shape index (κ3) is 4.53. The molecule has 0 aromatic heterocycles. The van der Waals surface area contributed by atoms with Crippen LogP contribution in [0.15, 0.2) is 59.6 Å². The van der Waals surface area contributed by atoms with Crippen molar-refractivity contribution in [3.63, 3.8) is 0 Å². The molecular formula is C21H21FN2O3S2. The van der Waals surface area contributed by atoms with E-state index in [4.69, 9.17) is 0 Å². The highest BCUT2D eigenvalue weighted by Crippen LogP contribution is 2.41. The van der Waals surface area contributed by atoms with E-state index >= 15 is 0 Å². The Labute approximate surface area is 173 Å². The first-order valence-corrected chi connectivity index (χ1v) is 12.2. The fraction of sp³-hybridized carbons (Fsp3) is 0.333. The lowest BCUT2D eigenvalue weighted by atomic mass is 10.1. The normalized spacial score (nSPS) is 24.0. The number of amides is 1. The van der Waals surface area contributed by atoms with E-state index in [-0.39, 0.29) is 34.8 Å². The number of benzene rings is 2. The highest BCUT2D eigenvalue weighted by atomic mass is 32.2. The number of aliphatic imine (C=N–C) groups is 1. The molecule has 2 atom stereocenters. The van der Waals surface area contributed by atoms with Gasteiger partial charge < -0.3 is 4.90 Å². The Balaban J connectivity index is 1.52. The molecule has 8 heteroatoms. The van der Waals surface area contributed by atoms with Gasteiger partial charge in [-0.15, -0.1) is 0 Å². The minimum atomic E-state index is -3.18. The van der Waals surface area contributed by atoms with Crippen LogP contribution in [0.25, 0.3) is 0 Å². The minimum Gasteiger partial charge on any atom is -0.313 e. The van der Waals surface area contributed by atoms with Gasteiger partial charge in [0, 0.05) is 11.7 Å². The summed E-state index contributed by atoms with van der Waals surface area (Å²) in [5.74, 6) is -0.760. The Morgan fingerprint density at radius 3 is 2.59 bits per heavy atom. The van der Waals surface area contributed by atoms with Crippen molar-refractivity contribution in [3.05, 3.63) is 66.0 Å². The van der Waals surface area contributed by atoms with Crippen LogP contribution in [0.5, 0.6) is 0 Å². The number of fused-ring (bicyclic) bond motifs is 1. The summed E-state index contributed by atoms with van der Waals surface area (Å²) in [5.41, 5.74) is 1.43. The van der Waals surface area contributed by atoms with Gasteiger partial charge >= 0.3 is 0 Å². The highest BCUT2D eigenvalue weighted by molar-refractivity contribution is 8.16. The molecule has 152 valence electrons. The number of halogens is 1. The molecule has 29 heavy (non-hydrogen) atoms. The SMILES string of the molecule is O=C(CCCc1ccccc1)N=C1S[C@@H]2CS(=O)(=O)C[C@@H]2N1c1ccccc1F. The largest absolute Gasteiger partial charge is 0.313 e. The first kappa shape index (κ1) is 20.1. The van der Waals surface area contributed by atoms with Crippen LogP contribution in [0.2, 0.25) is 0 Å². The Morgan fingerprint density at radius 1 is 1.10 bits per heavy atom. The van der Waals surface area contributed by atoms with E-state index in [0.29, 0.717) is 11.6 Å². The molecule has 0 radical (unpaired) electrons. The van der Waals surface area contributed by atoms with Gasteiger partial charge in [0.25, 0.3) is 0 Å². The Kier molecular flexibility index (Phi) is 5.74. The molecule has 5 nitrogen and oxygen atoms in total. The lowest BCUT2D eigenvalue weighted by molar-refractivity contribution is -0.117. The zero-order valence-corrected chi connectivity index (χ0v) is 17.3. The molecule has 4 rings (SSSR count). The van der Waals surface area contributed by atoms with Gasteiger partial charge in [0.2, 0.25) is 5.91 Å². The molecule has 2 heterocycles. The molecule has 1 amide bonds. The van der Waals surface area contributed by atoms with Gasteiger partial charge in [-0.05, 0) is 30.5 Å². The first-order valence-electron chi connectivity index (χ1n) is 9.49. The van der Waals surface area contributed by atoms with E-state index in [1.165, 1.54) is 17.8 Å². The average Bonchev–Trinajstić information content (AvgIpc) is 3.14. The van der Waals surface area contributed by atoms with Crippen molar-refractivity contribution in [1.29, 1.82) is 0 Å². The monoisotopic (exact) mass is 432 g/mol. The van der Waals surface area contributed by atoms with E-state index in [1.807, 2.05) is 30.3 Å². The molecule has 2 aromatic rings. The van der Waals surface area contributed by atoms with E-state index in [0.717, 1.165) is 12.0 Å². The van der Waals surface area contributed by atoms with Crippen LogP contribution >= 0.6 is 11.8 Å². The number of anilines is 1. The summed E-state index contributed by atoms with van der Waals surface area (Å²) < 4.78 is 38.6. The zero-order chi connectivity index (χ0) is 20.4. The number of aryl methyl sites for hydroxylation is 1. The van der Waals surface area contributed by atoms with Crippen LogP contribution in [0.4, 0.5) is 10.1 Å². The lowest BCUT2D eigenvalue weighted by Crippen LogP contribution is -2.38. The van der Waals surface area contributed by atoms with Crippen LogP contribution in [0, 0.1) is 5.82 Å². The van der Waals surface area contributed by atoms with Gasteiger partial charge in [-0.3, -0.25) is 4.79 Å². The van der Waals surface area contributed by atoms with Gasteiger partial charge in [-0.25, -0.2) is 12.8 Å². The number of nitrogens with zero attached hydrogens (tertiary/aromatic N) is 2. The average molecular weight is 433 g/mol. The third-order valence-corrected chi connectivity index (χ3v) is 8.31. The summed E-state index contributed by atoms with van der Waals surface area (Å²) in [4.78, 5) is 18.3. The van der Waals surface area contributed by atoms with E-state index in [9.17, 15) is 17.6 Å². The number of rotatable bonds is 5. The molecule has 2 aromatic carbocycles. The van der Waals surface area contributed by atoms with Gasteiger partial charge in [0.15, 0.2) is 15.0 Å². The highest BCUT2D eigenvalue weighted by Gasteiger charge is 2.49. The molecule has 0 saturated carbocycles. The van der Waals surface area contributed by atoms with Crippen molar-refractivity contribution in [2.24, 2.45) is 4.99 Å². The predicted octanol–water partition coefficient (Wildman–Crippen LogP) is 3.45. The molecule has 2 aliphatic rings. The molecule has 0 aliphatic carbocycles. The standard InChI is InChI=1S/C21H21FN2O3S2/c22-16-10-4-5-11-17(16)24-18-13-29(26,27)14-19(18)28-21(24)23-20(25)12-6-9-15-7-2-1-3-8-15/h1-5,7-8,10-11,18-19H,6,9,12-14H2/t18-,19+/m0/s1. The van der Waals surface area contributed by atoms with Gasteiger partial charge in [0.05, 0.1) is 23.2 Å². The summed E-state index contributed by atoms with van der Waals surface area (Å²) in [6.45, 7) is 0. The first-order chi connectivity index (χ1) is 13.9. The lowest BCUT2D eigenvalue weighted by Gasteiger charge is -2.24. The molecule has 2 fully saturated rings. The van der Waals surface area contributed by atoms with E-state index in [2.05, 4.69) is 4.99 Å². The maximum Gasteiger partial charge on any atom is 0.248 e. The number of para-hydroxylation sites is 1. The van der Waals surface area contributed by atoms with Crippen molar-refractivity contribution in [2.75, 3.05) is 16.4 Å². The Hall–Kier alpha value is -2.19. The second kappa shape index (κ2) is 8.28. The molecule has 0 bridgehead atoms. The number of sulfone groups is 1. The molecule has 2 saturated heterocycles. The van der Waals surface area contributed by atoms with Crippen molar-refractivity contribution < 1.29 is 17.6 Å². The van der Waals surface area contributed by atoms with Crippen LogP contribution in [0.1, 0.15) is 18.4 Å². The number of carbonyl (C=O) groups excluding carboxylic acids is 1. The maximum absolute atomic E-state index is 14.5. The van der Waals surface area contributed by atoms with E-state index in [1.54, 1.807) is 23.1 Å². The van der Waals surface area contributed by atoms with Crippen molar-refractivity contribution >= 4 is 38.4 Å². The van der Waals surface area contributed by atoms with Crippen LogP contribution < -0.4 is 4.90 Å². The second-order valence-electron chi connectivity index (χ2n) is 7.25. The summed E-state index contributed by atoms with van der Waals surface area (Å²) in [6.07, 6.45) is 1.74. The topological polar surface area (TPSA) is 66.8 Å². The van der Waals surface area contributed by atoms with Gasteiger partial charge in [-0.1, -0.05) is 54.2 Å². The summed E-state index contributed by atoms with van der Waals surface area (Å²) >= 11 is 1.26. The van der Waals surface area contributed by atoms with Crippen molar-refractivity contribution in [3.8, 4) is 0 Å². The van der Waals surface area contributed by atoms with Gasteiger partial charge in [0.1, 0.15) is 5.82 Å².